The lowest BCUT2D eigenvalue weighted by molar-refractivity contribution is -0.148. The predicted molar refractivity (Wildman–Crippen MR) is 418 cm³/mol. The highest BCUT2D eigenvalue weighted by molar-refractivity contribution is 7.48. The van der Waals surface area contributed by atoms with Crippen molar-refractivity contribution in [1.29, 1.82) is 0 Å². The van der Waals surface area contributed by atoms with Gasteiger partial charge in [-0.2, -0.15) is 0 Å². The lowest BCUT2D eigenvalue weighted by Gasteiger charge is -2.37. The van der Waals surface area contributed by atoms with E-state index in [0.29, 0.717) is 22.3 Å². The first-order chi connectivity index (χ1) is 54.3. The molecule has 2 N–H and O–H groups in total. The van der Waals surface area contributed by atoms with Crippen LogP contribution in [0, 0.1) is 24.0 Å². The van der Waals surface area contributed by atoms with Crippen LogP contribution in [0.4, 0.5) is 0 Å². The van der Waals surface area contributed by atoms with Crippen LogP contribution < -0.4 is 0 Å². The van der Waals surface area contributed by atoms with Crippen molar-refractivity contribution >= 4 is 63.0 Å². The van der Waals surface area contributed by atoms with Gasteiger partial charge < -0.3 is 48.3 Å². The fraction of sp³-hybridized carbons (Fsp3) is 0.302. The molecule has 596 valence electrons. The zero-order valence-electron chi connectivity index (χ0n) is 64.4. The van der Waals surface area contributed by atoms with E-state index < -0.39 is 160 Å². The molecule has 4 aromatic carbocycles. The molecule has 114 heavy (non-hydrogen) atoms. The van der Waals surface area contributed by atoms with Crippen molar-refractivity contribution in [2.45, 2.75) is 119 Å². The van der Waals surface area contributed by atoms with Crippen molar-refractivity contribution in [2.75, 3.05) is 39.5 Å². The summed E-state index contributed by atoms with van der Waals surface area (Å²) in [4.78, 5) is 114. The third-order valence-corrected chi connectivity index (χ3v) is 20.8. The Bertz CT molecular complexity index is 4600. The highest BCUT2D eigenvalue weighted by atomic mass is 31.2. The maximum Gasteiger partial charge on any atom is 0.475 e. The maximum atomic E-state index is 14.4. The normalized spacial score (nSPS) is 20.6. The summed E-state index contributed by atoms with van der Waals surface area (Å²) < 4.78 is 95.3. The number of phosphoric ester groups is 2. The third kappa shape index (κ3) is 24.6. The Morgan fingerprint density at radius 1 is 0.474 bits per heavy atom. The molecule has 2 heterocycles. The molecule has 0 amide bonds. The van der Waals surface area contributed by atoms with Gasteiger partial charge in [0.15, 0.2) is 23.8 Å². The fourth-order valence-corrected chi connectivity index (χ4v) is 14.5. The summed E-state index contributed by atoms with van der Waals surface area (Å²) in [7, 11) is -9.68. The standard InChI is InChI=1S/C86H88N2O24P2/c1-55(31-27-33-57(3)43-45-65-59(5)71(91)69(51-85(65,7)8)111-113(99,101-49-47-87-11)103-53-67(89)73-75(107-79(93)61-35-17-13-18-36-61)77(83(97)105-73)109-81(95)63-39-21-15-22-40-63)29-25-26-30-56(2)32-28-34-58(4)44-46-66-60(6)72(92)70(52-86(66,9)10)112-114(100,102-50-48-88-12)104-54-68(90)74-76(108-80(94)62-37-19-14-20-38-62)78(84(98)106-74)110-82(96)64-41-23-16-24-42-64/h13-46,67-70,73-74,89-90H,47-54H2,1-10H3/b26-25+,31-27+,32-28+,45-43+,46-44+,55-29+,56-30+,57-33+,58-34+/t67-,68-,69?,70?,73+,74+,113?,114?/m0/s1. The zero-order valence-corrected chi connectivity index (χ0v) is 66.2. The Labute approximate surface area is 661 Å². The summed E-state index contributed by atoms with van der Waals surface area (Å²) in [5.74, 6) is -10.6. The number of cyclic esters (lactones) is 2. The molecule has 28 heteroatoms. The quantitative estimate of drug-likeness (QED) is 0.0107. The molecule has 0 saturated heterocycles. The first-order valence-corrected chi connectivity index (χ1v) is 38.9. The van der Waals surface area contributed by atoms with E-state index in [1.807, 2.05) is 140 Å². The van der Waals surface area contributed by atoms with Gasteiger partial charge in [0.2, 0.25) is 24.6 Å². The Balaban J connectivity index is 0.842. The van der Waals surface area contributed by atoms with E-state index in [0.717, 1.165) is 22.3 Å². The molecule has 2 aliphatic carbocycles. The van der Waals surface area contributed by atoms with Crippen LogP contribution in [-0.2, 0) is 83.9 Å². The number of carbonyl (C=O) groups excluding carboxylic acids is 8. The van der Waals surface area contributed by atoms with Gasteiger partial charge in [-0.1, -0.05) is 208 Å². The number of nitrogens with zero attached hydrogens (tertiary/aromatic N) is 2. The van der Waals surface area contributed by atoms with E-state index in [2.05, 4.69) is 9.69 Å². The molecule has 0 fully saturated rings. The number of aliphatic hydroxyl groups excluding tert-OH is 2. The Morgan fingerprint density at radius 2 is 0.772 bits per heavy atom. The summed E-state index contributed by atoms with van der Waals surface area (Å²) in [6.07, 6.45) is 16.1. The number of allylic oxidation sites excluding steroid dienone is 20. The van der Waals surface area contributed by atoms with Gasteiger partial charge in [-0.15, -0.1) is 0 Å². The van der Waals surface area contributed by atoms with Gasteiger partial charge in [-0.05, 0) is 136 Å². The SMILES string of the molecule is [C-]#[N+]CCOP(=O)(OC[C@H](O)[C@H]1OC(=O)C(OC(=O)c2ccccc2)=C1OC(=O)c1ccccc1)OC1CC(C)(C)C(/C=C/C(C)=C/C=C/C(C)=C/C=C/C=C(C)/C=C/C=C(C)/C=C/C2=C(C)C(=O)C(OP(=O)(OCC[N+]#[C-])OC[C@H](O)[C@H]3OC(=O)C(OC(=O)c4ccccc4)=C3OC(=O)c3ccccc3)CC2(C)C)=C(C)C1=O. The average Bonchev–Trinajstić information content (AvgIpc) is 1.17. The van der Waals surface area contributed by atoms with Crippen molar-refractivity contribution in [3.05, 3.63) is 319 Å². The highest BCUT2D eigenvalue weighted by Crippen LogP contribution is 2.56. The van der Waals surface area contributed by atoms with Crippen molar-refractivity contribution in [2.24, 2.45) is 10.8 Å². The molecule has 4 unspecified atom stereocenters. The van der Waals surface area contributed by atoms with Crippen molar-refractivity contribution in [3.8, 4) is 0 Å². The zero-order chi connectivity index (χ0) is 82.9. The Kier molecular flexibility index (Phi) is 31.8. The number of ether oxygens (including phenoxy) is 6. The van der Waals surface area contributed by atoms with E-state index in [4.69, 9.17) is 68.7 Å². The predicted octanol–water partition coefficient (Wildman–Crippen LogP) is 15.5. The van der Waals surface area contributed by atoms with Crippen molar-refractivity contribution in [1.82, 2.24) is 0 Å². The topological polar surface area (TPSA) is 331 Å². The van der Waals surface area contributed by atoms with Crippen LogP contribution in [0.15, 0.2) is 274 Å². The number of aliphatic hydroxyl groups is 2. The van der Waals surface area contributed by atoms with Crippen molar-refractivity contribution in [3.63, 3.8) is 0 Å². The number of rotatable bonds is 36. The monoisotopic (exact) mass is 1590 g/mol. The molecule has 4 aliphatic rings. The molecule has 8 rings (SSSR count). The van der Waals surface area contributed by atoms with E-state index in [9.17, 15) is 57.7 Å². The Hall–Kier alpha value is -11.2. The van der Waals surface area contributed by atoms with E-state index in [1.165, 1.54) is 48.5 Å². The van der Waals surface area contributed by atoms with Crippen LogP contribution in [-0.4, -0.2) is 134 Å². The average molecular weight is 1600 g/mol. The number of carbonyl (C=O) groups is 8. The summed E-state index contributed by atoms with van der Waals surface area (Å²) in [6.45, 7) is 29.5. The number of esters is 6. The summed E-state index contributed by atoms with van der Waals surface area (Å²) in [6, 6.07) is 30.4. The van der Waals surface area contributed by atoms with Crippen LogP contribution >= 0.6 is 15.6 Å². The molecule has 0 spiro atoms. The summed E-state index contributed by atoms with van der Waals surface area (Å²) >= 11 is 0. The maximum absolute atomic E-state index is 14.4. The van der Waals surface area contributed by atoms with Gasteiger partial charge in [0.1, 0.15) is 37.6 Å². The molecule has 0 aromatic heterocycles. The molecule has 4 aromatic rings. The van der Waals surface area contributed by atoms with E-state index in [-0.39, 0.29) is 48.2 Å². The number of Topliss-reactive ketones (excluding diaryl/α,β-unsaturated/α-hetero) is 2. The lowest BCUT2D eigenvalue weighted by atomic mass is 9.71. The van der Waals surface area contributed by atoms with Gasteiger partial charge in [0.25, 0.3) is 11.5 Å². The van der Waals surface area contributed by atoms with Crippen LogP contribution in [0.5, 0.6) is 0 Å². The number of phosphoric acid groups is 2. The minimum atomic E-state index is -4.84. The number of ketones is 2. The third-order valence-electron chi connectivity index (χ3n) is 17.8. The number of hydrogen-bond acceptors (Lipinski definition) is 24. The largest absolute Gasteiger partial charge is 0.475 e. The van der Waals surface area contributed by atoms with Gasteiger partial charge in [-0.3, -0.25) is 36.7 Å². The number of hydrogen-bond donors (Lipinski definition) is 2. The van der Waals surface area contributed by atoms with Crippen molar-refractivity contribution < 1.29 is 113 Å². The van der Waals surface area contributed by atoms with Gasteiger partial charge in [-0.25, -0.2) is 51.0 Å². The lowest BCUT2D eigenvalue weighted by Crippen LogP contribution is -2.38. The molecule has 26 nitrogen and oxygen atoms in total. The van der Waals surface area contributed by atoms with E-state index >= 15 is 0 Å². The van der Waals surface area contributed by atoms with Gasteiger partial charge >= 0.3 is 51.5 Å². The fourth-order valence-electron chi connectivity index (χ4n) is 11.9. The second kappa shape index (κ2) is 41.0. The smallest absolute Gasteiger partial charge is 0.445 e. The van der Waals surface area contributed by atoms with Crippen LogP contribution in [0.25, 0.3) is 9.69 Å². The van der Waals surface area contributed by atoms with Crippen LogP contribution in [0.3, 0.4) is 0 Å². The van der Waals surface area contributed by atoms with Crippen LogP contribution in [0.1, 0.15) is 124 Å². The molecule has 0 radical (unpaired) electrons. The first kappa shape index (κ1) is 88.3. The summed E-state index contributed by atoms with van der Waals surface area (Å²) in [5.41, 5.74) is 4.22. The van der Waals surface area contributed by atoms with E-state index in [1.54, 1.807) is 86.6 Å². The highest BCUT2D eigenvalue weighted by Gasteiger charge is 2.50. The molecule has 0 saturated carbocycles. The molecular weight excluding hydrogens is 1510 g/mol. The second-order valence-electron chi connectivity index (χ2n) is 27.7. The van der Waals surface area contributed by atoms with Gasteiger partial charge in [0, 0.05) is 0 Å². The molecule has 2 aliphatic heterocycles. The first-order valence-electron chi connectivity index (χ1n) is 36.0. The minimum absolute atomic E-state index is 0.0000127. The summed E-state index contributed by atoms with van der Waals surface area (Å²) in [5, 5.41) is 23.0. The van der Waals surface area contributed by atoms with Gasteiger partial charge in [0.05, 0.1) is 35.5 Å². The Morgan fingerprint density at radius 3 is 1.09 bits per heavy atom. The molecule has 8 atom stereocenters. The second-order valence-corrected chi connectivity index (χ2v) is 30.9. The molecular formula is C86H88N2O24P2. The number of benzene rings is 4. The van der Waals surface area contributed by atoms with Crippen LogP contribution in [0.2, 0.25) is 0 Å². The minimum Gasteiger partial charge on any atom is -0.445 e. The molecule has 0 bridgehead atoms.